The Balaban J connectivity index is 1.88. The molecule has 0 spiro atoms. The summed E-state index contributed by atoms with van der Waals surface area (Å²) in [5.74, 6) is -1.26. The van der Waals surface area contributed by atoms with Crippen molar-refractivity contribution in [3.63, 3.8) is 0 Å². The number of carbonyl (C=O) groups is 3. The van der Waals surface area contributed by atoms with Crippen molar-refractivity contribution in [3.8, 4) is 0 Å². The number of hydrogen-bond acceptors (Lipinski definition) is 5. The summed E-state index contributed by atoms with van der Waals surface area (Å²) in [7, 11) is 0. The van der Waals surface area contributed by atoms with Crippen LogP contribution in [0.2, 0.25) is 0 Å². The number of esters is 2. The lowest BCUT2D eigenvalue weighted by atomic mass is 9.46. The zero-order valence-electron chi connectivity index (χ0n) is 19.0. The topological polar surface area (TPSA) is 89.9 Å². The Morgan fingerprint density at radius 2 is 2.06 bits per heavy atom. The van der Waals surface area contributed by atoms with Crippen LogP contribution in [0.3, 0.4) is 0 Å². The smallest absolute Gasteiger partial charge is 0.334 e. The maximum atomic E-state index is 12.8. The Labute approximate surface area is 184 Å². The van der Waals surface area contributed by atoms with Crippen LogP contribution in [0.15, 0.2) is 34.9 Å². The van der Waals surface area contributed by atoms with Crippen LogP contribution in [-0.4, -0.2) is 36.2 Å². The fraction of sp³-hybridized carbons (Fsp3) is 0.640. The molecular formula is C25H34O6. The molecule has 170 valence electrons. The molecule has 6 nitrogen and oxygen atoms in total. The van der Waals surface area contributed by atoms with E-state index in [-0.39, 0.29) is 23.9 Å². The third-order valence-corrected chi connectivity index (χ3v) is 8.14. The maximum Gasteiger partial charge on any atom is 0.334 e. The lowest BCUT2D eigenvalue weighted by Crippen LogP contribution is -2.55. The van der Waals surface area contributed by atoms with Gasteiger partial charge < -0.3 is 14.6 Å². The van der Waals surface area contributed by atoms with Crippen molar-refractivity contribution >= 4 is 17.9 Å². The summed E-state index contributed by atoms with van der Waals surface area (Å²) >= 11 is 0. The lowest BCUT2D eigenvalue weighted by molar-refractivity contribution is -0.164. The molecule has 0 aromatic rings. The Morgan fingerprint density at radius 1 is 1.32 bits per heavy atom. The first-order chi connectivity index (χ1) is 14.7. The highest BCUT2D eigenvalue weighted by Gasteiger charge is 2.60. The summed E-state index contributed by atoms with van der Waals surface area (Å²) in [4.78, 5) is 36.9. The normalized spacial score (nSPS) is 33.2. The van der Waals surface area contributed by atoms with E-state index in [2.05, 4.69) is 13.8 Å². The molecule has 0 saturated heterocycles. The average Bonchev–Trinajstić information content (AvgIpc) is 3.17. The van der Waals surface area contributed by atoms with E-state index in [4.69, 9.17) is 9.47 Å². The molecular weight excluding hydrogens is 396 g/mol. The summed E-state index contributed by atoms with van der Waals surface area (Å²) in [6.45, 7) is 8.17. The van der Waals surface area contributed by atoms with E-state index in [1.54, 1.807) is 19.9 Å². The van der Waals surface area contributed by atoms with Crippen molar-refractivity contribution in [1.29, 1.82) is 0 Å². The van der Waals surface area contributed by atoms with E-state index < -0.39 is 17.4 Å². The van der Waals surface area contributed by atoms with Gasteiger partial charge in [0.1, 0.15) is 13.2 Å². The first-order valence-corrected chi connectivity index (χ1v) is 11.3. The van der Waals surface area contributed by atoms with Crippen LogP contribution in [-0.2, 0) is 23.9 Å². The van der Waals surface area contributed by atoms with Gasteiger partial charge in [-0.05, 0) is 81.3 Å². The molecule has 3 rings (SSSR count). The molecule has 0 unspecified atom stereocenters. The highest BCUT2D eigenvalue weighted by Crippen LogP contribution is 2.62. The number of ether oxygens (including phenoxy) is 2. The second-order valence-corrected chi connectivity index (χ2v) is 9.46. The van der Waals surface area contributed by atoms with Crippen molar-refractivity contribution in [2.24, 2.45) is 22.7 Å². The van der Waals surface area contributed by atoms with Crippen molar-refractivity contribution in [3.05, 3.63) is 34.9 Å². The number of cyclic esters (lactones) is 1. The summed E-state index contributed by atoms with van der Waals surface area (Å²) in [5, 5.41) is 10.5. The van der Waals surface area contributed by atoms with E-state index in [0.29, 0.717) is 42.1 Å². The van der Waals surface area contributed by atoms with Crippen LogP contribution in [0.25, 0.3) is 0 Å². The van der Waals surface area contributed by atoms with Crippen molar-refractivity contribution in [2.45, 2.75) is 66.2 Å². The summed E-state index contributed by atoms with van der Waals surface area (Å²) in [6, 6.07) is 0. The minimum Gasteiger partial charge on any atom is -0.481 e. The minimum absolute atomic E-state index is 0.00868. The summed E-state index contributed by atoms with van der Waals surface area (Å²) < 4.78 is 10.5. The monoisotopic (exact) mass is 430 g/mol. The minimum atomic E-state index is -1.03. The van der Waals surface area contributed by atoms with Gasteiger partial charge in [-0.15, -0.1) is 0 Å². The number of carbonyl (C=O) groups excluding carboxylic acids is 2. The second-order valence-electron chi connectivity index (χ2n) is 9.46. The average molecular weight is 431 g/mol. The van der Waals surface area contributed by atoms with Crippen LogP contribution < -0.4 is 0 Å². The fourth-order valence-corrected chi connectivity index (χ4v) is 5.80. The molecule has 1 saturated carbocycles. The van der Waals surface area contributed by atoms with Crippen molar-refractivity contribution in [1.82, 2.24) is 0 Å². The maximum absolute atomic E-state index is 12.8. The Hall–Kier alpha value is -2.37. The molecule has 2 aliphatic carbocycles. The van der Waals surface area contributed by atoms with Gasteiger partial charge in [-0.25, -0.2) is 9.59 Å². The van der Waals surface area contributed by atoms with E-state index in [1.807, 2.05) is 12.2 Å². The lowest BCUT2D eigenvalue weighted by Gasteiger charge is -2.57. The highest BCUT2D eigenvalue weighted by atomic mass is 16.5. The zero-order valence-corrected chi connectivity index (χ0v) is 19.0. The number of carboxylic acids is 1. The van der Waals surface area contributed by atoms with Gasteiger partial charge in [0.15, 0.2) is 0 Å². The van der Waals surface area contributed by atoms with Gasteiger partial charge in [-0.2, -0.15) is 0 Å². The fourth-order valence-electron chi connectivity index (χ4n) is 5.80. The number of allylic oxidation sites excluding steroid dienone is 2. The Morgan fingerprint density at radius 3 is 2.68 bits per heavy atom. The first-order valence-electron chi connectivity index (χ1n) is 11.3. The second kappa shape index (κ2) is 9.01. The molecule has 4 atom stereocenters. The molecule has 1 heterocycles. The van der Waals surface area contributed by atoms with E-state index >= 15 is 0 Å². The predicted molar refractivity (Wildman–Crippen MR) is 116 cm³/mol. The number of aliphatic carboxylic acids is 1. The Kier molecular flexibility index (Phi) is 6.77. The van der Waals surface area contributed by atoms with Crippen molar-refractivity contribution < 1.29 is 29.0 Å². The molecule has 0 bridgehead atoms. The molecule has 3 aliphatic rings. The van der Waals surface area contributed by atoms with Gasteiger partial charge in [-0.3, -0.25) is 4.79 Å². The van der Waals surface area contributed by atoms with Crippen LogP contribution in [0.4, 0.5) is 0 Å². The molecule has 1 N–H and O–H groups in total. The molecule has 0 radical (unpaired) electrons. The van der Waals surface area contributed by atoms with Crippen LogP contribution >= 0.6 is 0 Å². The van der Waals surface area contributed by atoms with Gasteiger partial charge in [0, 0.05) is 11.1 Å². The van der Waals surface area contributed by atoms with Crippen LogP contribution in [0, 0.1) is 22.7 Å². The van der Waals surface area contributed by atoms with Gasteiger partial charge in [0.05, 0.1) is 5.41 Å². The van der Waals surface area contributed by atoms with E-state index in [9.17, 15) is 19.5 Å². The van der Waals surface area contributed by atoms with Crippen molar-refractivity contribution in [2.75, 3.05) is 13.2 Å². The third kappa shape index (κ3) is 4.09. The van der Waals surface area contributed by atoms with E-state index in [1.165, 1.54) is 0 Å². The van der Waals surface area contributed by atoms with Gasteiger partial charge in [0.2, 0.25) is 0 Å². The summed E-state index contributed by atoms with van der Waals surface area (Å²) in [6.07, 6.45) is 9.69. The van der Waals surface area contributed by atoms with E-state index in [0.717, 1.165) is 25.7 Å². The Bertz CT molecular complexity index is 850. The zero-order chi connectivity index (χ0) is 22.8. The number of carboxylic acid groups (broad SMARTS) is 1. The predicted octanol–water partition coefficient (Wildman–Crippen LogP) is 4.60. The van der Waals surface area contributed by atoms with Crippen LogP contribution in [0.5, 0.6) is 0 Å². The molecule has 31 heavy (non-hydrogen) atoms. The molecule has 0 aromatic heterocycles. The standard InChI is InChI=1S/C25H34O6/c1-5-16(2)21(26)31-15-19-7-6-8-20-24(4,12-10-18-11-14-30-22(18)27)17(3)9-13-25(19,20)23(28)29/h5,7,11,17,20H,6,8-10,12-15H2,1-4H3,(H,28,29)/b16-5+/t17-,20+,24-,25-/m1/s1. The SMILES string of the molecule is C/C=C(\C)C(=O)OCC1=CCC[C@@H]2[C@@]1(C(=O)O)CC[C@@H](C)[C@@]2(C)CCC1=CCOC1=O. The molecule has 0 aromatic carbocycles. The van der Waals surface area contributed by atoms with Gasteiger partial charge in [0.25, 0.3) is 0 Å². The van der Waals surface area contributed by atoms with Crippen LogP contribution in [0.1, 0.15) is 66.2 Å². The largest absolute Gasteiger partial charge is 0.481 e. The number of fused-ring (bicyclic) bond motifs is 1. The van der Waals surface area contributed by atoms with Gasteiger partial charge >= 0.3 is 17.9 Å². The number of rotatable bonds is 7. The third-order valence-electron chi connectivity index (χ3n) is 8.14. The number of hydrogen-bond donors (Lipinski definition) is 1. The first kappa shape index (κ1) is 23.3. The molecule has 1 aliphatic heterocycles. The molecule has 0 amide bonds. The highest BCUT2D eigenvalue weighted by molar-refractivity contribution is 5.90. The molecule has 1 fully saturated rings. The quantitative estimate of drug-likeness (QED) is 0.361. The summed E-state index contributed by atoms with van der Waals surface area (Å²) in [5.41, 5.74) is 0.640. The molecule has 6 heteroatoms. The van der Waals surface area contributed by atoms with Gasteiger partial charge in [-0.1, -0.05) is 26.0 Å².